The van der Waals surface area contributed by atoms with E-state index in [1.165, 1.54) is 11.8 Å². The molecule has 0 radical (unpaired) electrons. The summed E-state index contributed by atoms with van der Waals surface area (Å²) in [6.45, 7) is 5.34. The molecule has 13 nitrogen and oxygen atoms in total. The van der Waals surface area contributed by atoms with Crippen LogP contribution in [0.4, 0.5) is 0 Å². The topological polar surface area (TPSA) is 213 Å². The van der Waals surface area contributed by atoms with Crippen molar-refractivity contribution in [3.05, 3.63) is 0 Å². The second-order valence-electron chi connectivity index (χ2n) is 8.42. The monoisotopic (exact) mass is 500 g/mol. The summed E-state index contributed by atoms with van der Waals surface area (Å²) in [6, 6.07) is -3.25. The van der Waals surface area contributed by atoms with Crippen LogP contribution in [-0.2, 0) is 33.6 Å². The van der Waals surface area contributed by atoms with Crippen LogP contribution < -0.4 is 16.4 Å². The van der Waals surface area contributed by atoms with Gasteiger partial charge in [0.15, 0.2) is 0 Å². The van der Waals surface area contributed by atoms with E-state index in [1.807, 2.05) is 13.8 Å². The van der Waals surface area contributed by atoms with E-state index >= 15 is 0 Å². The highest BCUT2D eigenvalue weighted by Gasteiger charge is 2.38. The predicted molar refractivity (Wildman–Crippen MR) is 123 cm³/mol. The minimum Gasteiger partial charge on any atom is -0.481 e. The number of nitrogens with one attached hydrogen (secondary N) is 2. The van der Waals surface area contributed by atoms with E-state index in [-0.39, 0.29) is 43.5 Å². The molecule has 1 fully saturated rings. The number of aldehydes is 1. The normalized spacial score (nSPS) is 17.1. The predicted octanol–water partition coefficient (Wildman–Crippen LogP) is -0.587. The molecular weight excluding hydrogens is 464 g/mol. The van der Waals surface area contributed by atoms with Crippen LogP contribution in [-0.4, -0.2) is 81.6 Å². The Balaban J connectivity index is 0.00000267. The Hall–Kier alpha value is -3.51. The maximum atomic E-state index is 13.1. The SMILES string of the molecule is CC(N)=O.CCC(C)CC(=O)NC(CCC(=O)O)C(=O)N1CCCC1C(=O)NC(C=O)CC(=O)O. The number of hydrogen-bond acceptors (Lipinski definition) is 7. The number of likely N-dealkylation sites (tertiary alicyclic amines) is 1. The molecule has 0 spiro atoms. The Labute approximate surface area is 203 Å². The molecule has 1 aliphatic rings. The van der Waals surface area contributed by atoms with Gasteiger partial charge in [-0.05, 0) is 25.2 Å². The highest BCUT2D eigenvalue weighted by Crippen LogP contribution is 2.20. The van der Waals surface area contributed by atoms with E-state index in [0.29, 0.717) is 19.1 Å². The number of carbonyl (C=O) groups is 7. The molecule has 1 aliphatic heterocycles. The summed E-state index contributed by atoms with van der Waals surface area (Å²) < 4.78 is 0. The summed E-state index contributed by atoms with van der Waals surface area (Å²) in [4.78, 5) is 81.2. The molecule has 198 valence electrons. The highest BCUT2D eigenvalue weighted by molar-refractivity contribution is 5.93. The van der Waals surface area contributed by atoms with Crippen molar-refractivity contribution in [1.82, 2.24) is 15.5 Å². The quantitative estimate of drug-likeness (QED) is 0.204. The van der Waals surface area contributed by atoms with Gasteiger partial charge in [0.1, 0.15) is 18.4 Å². The molecule has 0 aromatic carbocycles. The largest absolute Gasteiger partial charge is 0.481 e. The zero-order chi connectivity index (χ0) is 27.1. The minimum absolute atomic E-state index is 0.0926. The van der Waals surface area contributed by atoms with Gasteiger partial charge >= 0.3 is 11.9 Å². The molecule has 6 N–H and O–H groups in total. The Kier molecular flexibility index (Phi) is 14.6. The molecule has 0 aromatic heterocycles. The molecule has 1 rings (SSSR count). The summed E-state index contributed by atoms with van der Waals surface area (Å²) in [5.74, 6) is -4.22. The van der Waals surface area contributed by atoms with Crippen LogP contribution in [0.1, 0.15) is 65.7 Å². The van der Waals surface area contributed by atoms with Crippen molar-refractivity contribution in [3.63, 3.8) is 0 Å². The van der Waals surface area contributed by atoms with Crippen molar-refractivity contribution >= 4 is 41.9 Å². The standard InChI is InChI=1S/C20H31N3O8.C2H5NO/c1-3-12(2)9-16(25)22-14(6-7-17(26)27)20(31)23-8-4-5-15(23)19(30)21-13(11-24)10-18(28)29;1-2(3)4/h11-15H,3-10H2,1-2H3,(H,21,30)(H,22,25)(H,26,27)(H,28,29);1H3,(H2,3,4). The van der Waals surface area contributed by atoms with Gasteiger partial charge in [0.05, 0.1) is 12.5 Å². The first-order chi connectivity index (χ1) is 16.3. The number of carboxylic acid groups (broad SMARTS) is 2. The molecule has 35 heavy (non-hydrogen) atoms. The van der Waals surface area contributed by atoms with Gasteiger partial charge in [0, 0.05) is 26.3 Å². The van der Waals surface area contributed by atoms with Crippen molar-refractivity contribution < 1.29 is 43.8 Å². The fraction of sp³-hybridized carbons (Fsp3) is 0.682. The highest BCUT2D eigenvalue weighted by atomic mass is 16.4. The van der Waals surface area contributed by atoms with E-state index in [9.17, 15) is 33.6 Å². The third kappa shape index (κ3) is 13.1. The summed E-state index contributed by atoms with van der Waals surface area (Å²) in [6.07, 6.45) is 1.04. The average Bonchev–Trinajstić information content (AvgIpc) is 3.24. The molecule has 13 heteroatoms. The third-order valence-corrected chi connectivity index (χ3v) is 5.24. The van der Waals surface area contributed by atoms with Gasteiger partial charge in [-0.3, -0.25) is 28.8 Å². The second-order valence-corrected chi connectivity index (χ2v) is 8.42. The Morgan fingerprint density at radius 2 is 1.69 bits per heavy atom. The first kappa shape index (κ1) is 31.5. The van der Waals surface area contributed by atoms with E-state index in [4.69, 9.17) is 10.2 Å². The van der Waals surface area contributed by atoms with Crippen LogP contribution in [0.15, 0.2) is 0 Å². The molecule has 0 aliphatic carbocycles. The molecular formula is C22H36N4O9. The molecule has 0 aromatic rings. The maximum Gasteiger partial charge on any atom is 0.305 e. The van der Waals surface area contributed by atoms with Crippen molar-refractivity contribution in [3.8, 4) is 0 Å². The Morgan fingerprint density at radius 3 is 2.17 bits per heavy atom. The lowest BCUT2D eigenvalue weighted by molar-refractivity contribution is -0.144. The van der Waals surface area contributed by atoms with Crippen LogP contribution in [0.25, 0.3) is 0 Å². The Bertz CT molecular complexity index is 783. The smallest absolute Gasteiger partial charge is 0.305 e. The zero-order valence-corrected chi connectivity index (χ0v) is 20.3. The number of hydrogen-bond donors (Lipinski definition) is 5. The number of nitrogens with zero attached hydrogens (tertiary/aromatic N) is 1. The third-order valence-electron chi connectivity index (χ3n) is 5.24. The Morgan fingerprint density at radius 1 is 1.09 bits per heavy atom. The lowest BCUT2D eigenvalue weighted by Gasteiger charge is -2.29. The zero-order valence-electron chi connectivity index (χ0n) is 20.3. The van der Waals surface area contributed by atoms with E-state index in [2.05, 4.69) is 16.4 Å². The number of carboxylic acids is 2. The number of amides is 4. The van der Waals surface area contributed by atoms with Crippen LogP contribution >= 0.6 is 0 Å². The molecule has 4 unspecified atom stereocenters. The van der Waals surface area contributed by atoms with E-state index in [0.717, 1.165) is 6.42 Å². The first-order valence-corrected chi connectivity index (χ1v) is 11.4. The fourth-order valence-corrected chi connectivity index (χ4v) is 3.34. The van der Waals surface area contributed by atoms with Gasteiger partial charge in [0.25, 0.3) is 0 Å². The van der Waals surface area contributed by atoms with Gasteiger partial charge in [-0.1, -0.05) is 20.3 Å². The molecule has 0 bridgehead atoms. The maximum absolute atomic E-state index is 13.1. The van der Waals surface area contributed by atoms with E-state index < -0.39 is 48.3 Å². The van der Waals surface area contributed by atoms with Gasteiger partial charge in [-0.15, -0.1) is 0 Å². The summed E-state index contributed by atoms with van der Waals surface area (Å²) >= 11 is 0. The molecule has 4 amide bonds. The summed E-state index contributed by atoms with van der Waals surface area (Å²) in [5.41, 5.74) is 4.47. The van der Waals surface area contributed by atoms with Crippen LogP contribution in [0.2, 0.25) is 0 Å². The molecule has 1 saturated heterocycles. The summed E-state index contributed by atoms with van der Waals surface area (Å²) in [5, 5.41) is 22.7. The second kappa shape index (κ2) is 16.2. The van der Waals surface area contributed by atoms with Crippen molar-refractivity contribution in [2.45, 2.75) is 83.8 Å². The number of carbonyl (C=O) groups excluding carboxylic acids is 5. The van der Waals surface area contributed by atoms with Gasteiger partial charge in [-0.25, -0.2) is 0 Å². The van der Waals surface area contributed by atoms with Crippen LogP contribution in [0.5, 0.6) is 0 Å². The summed E-state index contributed by atoms with van der Waals surface area (Å²) in [7, 11) is 0. The van der Waals surface area contributed by atoms with Gasteiger partial charge < -0.3 is 36.3 Å². The minimum atomic E-state index is -1.26. The number of nitrogens with two attached hydrogens (primary N) is 1. The molecule has 1 heterocycles. The van der Waals surface area contributed by atoms with Crippen molar-refractivity contribution in [1.29, 1.82) is 0 Å². The van der Waals surface area contributed by atoms with Gasteiger partial charge in [0.2, 0.25) is 23.6 Å². The number of rotatable bonds is 13. The fourth-order valence-electron chi connectivity index (χ4n) is 3.34. The van der Waals surface area contributed by atoms with Crippen LogP contribution in [0.3, 0.4) is 0 Å². The molecule has 4 atom stereocenters. The van der Waals surface area contributed by atoms with E-state index in [1.54, 1.807) is 0 Å². The lowest BCUT2D eigenvalue weighted by Crippen LogP contribution is -2.55. The average molecular weight is 501 g/mol. The first-order valence-electron chi connectivity index (χ1n) is 11.4. The molecule has 0 saturated carbocycles. The van der Waals surface area contributed by atoms with Crippen molar-refractivity contribution in [2.75, 3.05) is 6.54 Å². The van der Waals surface area contributed by atoms with Gasteiger partial charge in [-0.2, -0.15) is 0 Å². The van der Waals surface area contributed by atoms with Crippen molar-refractivity contribution in [2.24, 2.45) is 11.7 Å². The number of aliphatic carboxylic acids is 2. The lowest BCUT2D eigenvalue weighted by atomic mass is 10.0. The van der Waals surface area contributed by atoms with Crippen LogP contribution in [0, 0.1) is 5.92 Å². The number of primary amides is 1.